The van der Waals surface area contributed by atoms with Crippen LogP contribution in [0.25, 0.3) is 0 Å². The number of hydrogen-bond acceptors (Lipinski definition) is 7. The summed E-state index contributed by atoms with van der Waals surface area (Å²) in [5, 5.41) is 17.3. The summed E-state index contributed by atoms with van der Waals surface area (Å²) in [4.78, 5) is 22.9. The molecular weight excluding hydrogens is 376 g/mol. The van der Waals surface area contributed by atoms with Gasteiger partial charge in [0.05, 0.1) is 16.8 Å². The van der Waals surface area contributed by atoms with Gasteiger partial charge in [-0.25, -0.2) is 9.97 Å². The molecule has 9 heteroatoms. The van der Waals surface area contributed by atoms with Crippen LogP contribution < -0.4 is 10.6 Å². The Morgan fingerprint density at radius 3 is 2.25 bits per heavy atom. The van der Waals surface area contributed by atoms with E-state index in [-0.39, 0.29) is 17.3 Å². The highest BCUT2D eigenvalue weighted by atomic mass is 79.9. The number of benzene rings is 1. The summed E-state index contributed by atoms with van der Waals surface area (Å²) < 4.78 is 0.907. The Morgan fingerprint density at radius 2 is 1.67 bits per heavy atom. The third-order valence-electron chi connectivity index (χ3n) is 3.04. The van der Waals surface area contributed by atoms with E-state index in [1.165, 1.54) is 6.33 Å². The largest absolute Gasteiger partial charge is 0.353 e. The summed E-state index contributed by atoms with van der Waals surface area (Å²) in [5.41, 5.74) is 1.02. The van der Waals surface area contributed by atoms with E-state index in [1.54, 1.807) is 36.7 Å². The second kappa shape index (κ2) is 7.01. The predicted octanol–water partition coefficient (Wildman–Crippen LogP) is 4.03. The van der Waals surface area contributed by atoms with E-state index in [1.807, 2.05) is 12.1 Å². The van der Waals surface area contributed by atoms with Crippen molar-refractivity contribution in [2.24, 2.45) is 0 Å². The maximum absolute atomic E-state index is 11.5. The third-order valence-corrected chi connectivity index (χ3v) is 3.56. The lowest BCUT2D eigenvalue weighted by molar-refractivity contribution is -0.383. The molecule has 0 aliphatic heterocycles. The van der Waals surface area contributed by atoms with Crippen molar-refractivity contribution < 1.29 is 4.92 Å². The predicted molar refractivity (Wildman–Crippen MR) is 93.6 cm³/mol. The van der Waals surface area contributed by atoms with Crippen LogP contribution in [-0.4, -0.2) is 19.9 Å². The average Bonchev–Trinajstić information content (AvgIpc) is 2.58. The molecule has 2 aromatic heterocycles. The van der Waals surface area contributed by atoms with Crippen LogP contribution in [-0.2, 0) is 0 Å². The number of nitrogens with zero attached hydrogens (tertiary/aromatic N) is 4. The van der Waals surface area contributed by atoms with Crippen LogP contribution in [0.4, 0.5) is 28.7 Å². The second-order valence-corrected chi connectivity index (χ2v) is 5.59. The summed E-state index contributed by atoms with van der Waals surface area (Å²) in [6.07, 6.45) is 4.42. The Hall–Kier alpha value is -3.07. The maximum Gasteiger partial charge on any atom is 0.353 e. The van der Waals surface area contributed by atoms with Crippen molar-refractivity contribution in [3.63, 3.8) is 0 Å². The SMILES string of the molecule is O=[N+]([O-])c1c(Nc2ccc(Br)cc2)ncnc1Nc1cccnc1. The van der Waals surface area contributed by atoms with Crippen molar-refractivity contribution in [3.8, 4) is 0 Å². The van der Waals surface area contributed by atoms with Gasteiger partial charge in [0.25, 0.3) is 0 Å². The van der Waals surface area contributed by atoms with Crippen LogP contribution in [0.5, 0.6) is 0 Å². The average molecular weight is 387 g/mol. The van der Waals surface area contributed by atoms with Crippen LogP contribution in [0.15, 0.2) is 59.6 Å². The van der Waals surface area contributed by atoms with E-state index >= 15 is 0 Å². The second-order valence-electron chi connectivity index (χ2n) is 4.68. The smallest absolute Gasteiger partial charge is 0.334 e. The highest BCUT2D eigenvalue weighted by molar-refractivity contribution is 9.10. The van der Waals surface area contributed by atoms with E-state index in [9.17, 15) is 10.1 Å². The molecule has 0 saturated heterocycles. The number of pyridine rings is 1. The van der Waals surface area contributed by atoms with Crippen LogP contribution in [0.3, 0.4) is 0 Å². The molecule has 2 heterocycles. The van der Waals surface area contributed by atoms with E-state index < -0.39 is 4.92 Å². The van der Waals surface area contributed by atoms with Crippen LogP contribution in [0.2, 0.25) is 0 Å². The molecule has 0 aliphatic carbocycles. The minimum absolute atomic E-state index is 0.0858. The van der Waals surface area contributed by atoms with Gasteiger partial charge in [-0.2, -0.15) is 0 Å². The Morgan fingerprint density at radius 1 is 1.00 bits per heavy atom. The number of hydrogen-bond donors (Lipinski definition) is 2. The first-order valence-corrected chi connectivity index (χ1v) is 7.62. The Labute approximate surface area is 145 Å². The van der Waals surface area contributed by atoms with E-state index in [2.05, 4.69) is 41.5 Å². The van der Waals surface area contributed by atoms with Gasteiger partial charge in [0.15, 0.2) is 0 Å². The highest BCUT2D eigenvalue weighted by Gasteiger charge is 2.23. The number of aromatic nitrogens is 3. The first kappa shape index (κ1) is 15.8. The topological polar surface area (TPSA) is 106 Å². The fourth-order valence-electron chi connectivity index (χ4n) is 1.98. The Kier molecular flexibility index (Phi) is 4.62. The standard InChI is InChI=1S/C15H11BrN6O2/c16-10-3-5-11(6-4-10)20-14-13(22(23)24)15(19-9-18-14)21-12-2-1-7-17-8-12/h1-9H,(H2,18,19,20,21). The molecule has 0 saturated carbocycles. The Balaban J connectivity index is 1.96. The van der Waals surface area contributed by atoms with E-state index in [0.29, 0.717) is 11.4 Å². The zero-order valence-corrected chi connectivity index (χ0v) is 13.8. The quantitative estimate of drug-likeness (QED) is 0.503. The number of nitrogens with one attached hydrogen (secondary N) is 2. The first-order chi connectivity index (χ1) is 11.6. The molecule has 0 bridgehead atoms. The van der Waals surface area contributed by atoms with Crippen LogP contribution in [0.1, 0.15) is 0 Å². The van der Waals surface area contributed by atoms with Gasteiger partial charge in [-0.15, -0.1) is 0 Å². The number of halogens is 1. The molecule has 3 rings (SSSR count). The van der Waals surface area contributed by atoms with Gasteiger partial charge < -0.3 is 10.6 Å². The molecule has 0 aliphatic rings. The molecule has 2 N–H and O–H groups in total. The van der Waals surface area contributed by atoms with E-state index in [0.717, 1.165) is 4.47 Å². The molecule has 0 amide bonds. The lowest BCUT2D eigenvalue weighted by Gasteiger charge is -2.10. The van der Waals surface area contributed by atoms with Crippen molar-refractivity contribution >= 4 is 44.6 Å². The molecule has 0 atom stereocenters. The molecule has 1 aromatic carbocycles. The van der Waals surface area contributed by atoms with Gasteiger partial charge in [0.1, 0.15) is 6.33 Å². The summed E-state index contributed by atoms with van der Waals surface area (Å²) in [6.45, 7) is 0. The van der Waals surface area contributed by atoms with Crippen LogP contribution in [0, 0.1) is 10.1 Å². The molecule has 0 fully saturated rings. The van der Waals surface area contributed by atoms with Gasteiger partial charge in [0.2, 0.25) is 11.6 Å². The lowest BCUT2D eigenvalue weighted by atomic mass is 10.3. The zero-order chi connectivity index (χ0) is 16.9. The fourth-order valence-corrected chi connectivity index (χ4v) is 2.24. The molecule has 0 unspecified atom stereocenters. The Bertz CT molecular complexity index is 858. The number of nitro groups is 1. The van der Waals surface area contributed by atoms with Gasteiger partial charge >= 0.3 is 5.69 Å². The minimum Gasteiger partial charge on any atom is -0.334 e. The number of rotatable bonds is 5. The maximum atomic E-state index is 11.5. The van der Waals surface area contributed by atoms with Gasteiger partial charge in [0, 0.05) is 16.4 Å². The molecule has 24 heavy (non-hydrogen) atoms. The van der Waals surface area contributed by atoms with Gasteiger partial charge in [-0.05, 0) is 36.4 Å². The van der Waals surface area contributed by atoms with Crippen molar-refractivity contribution in [2.75, 3.05) is 10.6 Å². The summed E-state index contributed by atoms with van der Waals surface area (Å²) >= 11 is 3.34. The summed E-state index contributed by atoms with van der Waals surface area (Å²) in [5.74, 6) is 0.186. The third kappa shape index (κ3) is 3.63. The van der Waals surface area contributed by atoms with Crippen LogP contribution >= 0.6 is 15.9 Å². The van der Waals surface area contributed by atoms with Gasteiger partial charge in [-0.1, -0.05) is 15.9 Å². The van der Waals surface area contributed by atoms with Crippen molar-refractivity contribution in [1.29, 1.82) is 0 Å². The fraction of sp³-hybridized carbons (Fsp3) is 0. The van der Waals surface area contributed by atoms with Gasteiger partial charge in [-0.3, -0.25) is 15.1 Å². The lowest BCUT2D eigenvalue weighted by Crippen LogP contribution is -2.05. The first-order valence-electron chi connectivity index (χ1n) is 6.82. The minimum atomic E-state index is -0.528. The van der Waals surface area contributed by atoms with E-state index in [4.69, 9.17) is 0 Å². The molecule has 120 valence electrons. The summed E-state index contributed by atoms with van der Waals surface area (Å²) in [7, 11) is 0. The summed E-state index contributed by atoms with van der Waals surface area (Å²) in [6, 6.07) is 10.7. The van der Waals surface area contributed by atoms with Crippen molar-refractivity contribution in [2.45, 2.75) is 0 Å². The zero-order valence-electron chi connectivity index (χ0n) is 12.2. The molecule has 3 aromatic rings. The number of anilines is 4. The monoisotopic (exact) mass is 386 g/mol. The molecular formula is C15H11BrN6O2. The molecule has 0 spiro atoms. The van der Waals surface area contributed by atoms with Crippen molar-refractivity contribution in [3.05, 3.63) is 69.7 Å². The molecule has 8 nitrogen and oxygen atoms in total. The highest BCUT2D eigenvalue weighted by Crippen LogP contribution is 2.32. The van der Waals surface area contributed by atoms with Crippen molar-refractivity contribution in [1.82, 2.24) is 15.0 Å². The molecule has 0 radical (unpaired) electrons. The normalized spacial score (nSPS) is 10.2.